The normalized spacial score (nSPS) is 13.0. The molecule has 2 rings (SSSR count). The van der Waals surface area contributed by atoms with E-state index in [4.69, 9.17) is 5.11 Å². The van der Waals surface area contributed by atoms with Crippen molar-refractivity contribution in [2.75, 3.05) is 12.4 Å². The van der Waals surface area contributed by atoms with Gasteiger partial charge in [0, 0.05) is 0 Å². The van der Waals surface area contributed by atoms with E-state index in [9.17, 15) is 16.8 Å². The molecule has 0 aliphatic carbocycles. The third-order valence-corrected chi connectivity index (χ3v) is 7.47. The third-order valence-electron chi connectivity index (χ3n) is 3.71. The van der Waals surface area contributed by atoms with E-state index >= 15 is 0 Å². The monoisotopic (exact) mass is 380 g/mol. The molecule has 0 amide bonds. The van der Waals surface area contributed by atoms with E-state index in [0.29, 0.717) is 0 Å². The summed E-state index contributed by atoms with van der Waals surface area (Å²) in [4.78, 5) is -0.294. The summed E-state index contributed by atoms with van der Waals surface area (Å²) in [6.45, 7) is 3.09. The molecule has 0 spiro atoms. The average Bonchev–Trinajstić information content (AvgIpc) is 2.55. The van der Waals surface area contributed by atoms with Crippen LogP contribution < -0.4 is 0 Å². The van der Waals surface area contributed by atoms with Crippen LogP contribution in [-0.4, -0.2) is 34.3 Å². The second-order valence-electron chi connectivity index (χ2n) is 5.74. The number of hydrogen-bond acceptors (Lipinski definition) is 5. The molecule has 1 N–H and O–H groups in total. The van der Waals surface area contributed by atoms with Gasteiger partial charge in [-0.2, -0.15) is 0 Å². The van der Waals surface area contributed by atoms with Gasteiger partial charge in [-0.05, 0) is 44.2 Å². The molecule has 25 heavy (non-hydrogen) atoms. The molecule has 0 atom stereocenters. The Morgan fingerprint density at radius 2 is 1.28 bits per heavy atom. The topological polar surface area (TPSA) is 88.5 Å². The molecular weight excluding hydrogens is 360 g/mol. The quantitative estimate of drug-likeness (QED) is 0.831. The van der Waals surface area contributed by atoms with E-state index in [-0.39, 0.29) is 14.7 Å². The van der Waals surface area contributed by atoms with Crippen LogP contribution in [0, 0.1) is 13.8 Å². The number of aliphatic hydroxyl groups excluding tert-OH is 1. The second-order valence-corrected chi connectivity index (χ2v) is 9.73. The second kappa shape index (κ2) is 7.51. The molecule has 0 unspecified atom stereocenters. The molecule has 134 valence electrons. The van der Waals surface area contributed by atoms with E-state index in [1.54, 1.807) is 24.3 Å². The zero-order valence-corrected chi connectivity index (χ0v) is 15.6. The van der Waals surface area contributed by atoms with Crippen LogP contribution in [0.4, 0.5) is 0 Å². The van der Waals surface area contributed by atoms with Gasteiger partial charge in [0.1, 0.15) is 0 Å². The molecule has 7 heteroatoms. The number of aliphatic hydroxyl groups is 1. The standard InChI is InChI=1S/C18H20O5S2/c1-14-3-7-16(8-4-14)24(20,21)13-18(11-12-19)25(22,23)17-9-5-15(2)6-10-17/h3-11,19H,12-13H2,1-2H3. The smallest absolute Gasteiger partial charge is 0.203 e. The number of benzene rings is 2. The molecule has 2 aromatic carbocycles. The zero-order valence-electron chi connectivity index (χ0n) is 14.0. The molecule has 0 heterocycles. The van der Waals surface area contributed by atoms with Crippen LogP contribution in [0.5, 0.6) is 0 Å². The van der Waals surface area contributed by atoms with Gasteiger partial charge in [0.25, 0.3) is 0 Å². The van der Waals surface area contributed by atoms with Crippen molar-refractivity contribution >= 4 is 19.7 Å². The van der Waals surface area contributed by atoms with Crippen molar-refractivity contribution in [2.24, 2.45) is 0 Å². The van der Waals surface area contributed by atoms with Gasteiger partial charge >= 0.3 is 0 Å². The average molecular weight is 380 g/mol. The Bertz CT molecular complexity index is 969. The molecule has 0 bridgehead atoms. The number of rotatable bonds is 6. The van der Waals surface area contributed by atoms with Crippen molar-refractivity contribution in [3.05, 3.63) is 70.6 Å². The lowest BCUT2D eigenvalue weighted by Gasteiger charge is -2.11. The maximum atomic E-state index is 12.8. The molecule has 5 nitrogen and oxygen atoms in total. The highest BCUT2D eigenvalue weighted by molar-refractivity contribution is 7.98. The molecule has 0 aromatic heterocycles. The zero-order chi connectivity index (χ0) is 18.7. The molecule has 2 aromatic rings. The van der Waals surface area contributed by atoms with Crippen molar-refractivity contribution in [1.29, 1.82) is 0 Å². The molecule has 0 radical (unpaired) electrons. The minimum atomic E-state index is -4.01. The Morgan fingerprint density at radius 1 is 0.840 bits per heavy atom. The fourth-order valence-corrected chi connectivity index (χ4v) is 5.62. The van der Waals surface area contributed by atoms with Gasteiger partial charge in [0.15, 0.2) is 9.84 Å². The predicted octanol–water partition coefficient (Wildman–Crippen LogP) is 2.43. The summed E-state index contributed by atoms with van der Waals surface area (Å²) in [7, 11) is -7.86. The van der Waals surface area contributed by atoms with Gasteiger partial charge in [-0.3, -0.25) is 0 Å². The number of hydrogen-bond donors (Lipinski definition) is 1. The molecule has 0 fully saturated rings. The first-order chi connectivity index (χ1) is 11.7. The summed E-state index contributed by atoms with van der Waals surface area (Å²) < 4.78 is 50.7. The predicted molar refractivity (Wildman–Crippen MR) is 96.8 cm³/mol. The lowest BCUT2D eigenvalue weighted by Crippen LogP contribution is -2.16. The van der Waals surface area contributed by atoms with Gasteiger partial charge < -0.3 is 5.11 Å². The largest absolute Gasteiger partial charge is 0.392 e. The van der Waals surface area contributed by atoms with Crippen molar-refractivity contribution in [3.63, 3.8) is 0 Å². The Kier molecular flexibility index (Phi) is 5.82. The van der Waals surface area contributed by atoms with Crippen LogP contribution in [0.1, 0.15) is 11.1 Å². The number of sulfone groups is 2. The summed E-state index contributed by atoms with van der Waals surface area (Å²) in [6, 6.07) is 12.3. The fourth-order valence-electron chi connectivity index (χ4n) is 2.23. The minimum absolute atomic E-state index is 0.00286. The van der Waals surface area contributed by atoms with Gasteiger partial charge in [0.2, 0.25) is 9.84 Å². The maximum absolute atomic E-state index is 12.8. The summed E-state index contributed by atoms with van der Waals surface area (Å²) in [6.07, 6.45) is 1.03. The Balaban J connectivity index is 2.43. The molecular formula is C18H20O5S2. The Labute approximate surface area is 148 Å². The first kappa shape index (κ1) is 19.4. The van der Waals surface area contributed by atoms with Crippen molar-refractivity contribution in [2.45, 2.75) is 23.6 Å². The lowest BCUT2D eigenvalue weighted by atomic mass is 10.2. The van der Waals surface area contributed by atoms with Crippen molar-refractivity contribution < 1.29 is 21.9 Å². The van der Waals surface area contributed by atoms with Crippen LogP contribution in [0.3, 0.4) is 0 Å². The third kappa shape index (κ3) is 4.56. The highest BCUT2D eigenvalue weighted by Gasteiger charge is 2.26. The summed E-state index contributed by atoms with van der Waals surface area (Å²) in [5.41, 5.74) is 1.79. The highest BCUT2D eigenvalue weighted by Crippen LogP contribution is 2.24. The van der Waals surface area contributed by atoms with Gasteiger partial charge in [0.05, 0.1) is 27.1 Å². The highest BCUT2D eigenvalue weighted by atomic mass is 32.2. The Hall–Kier alpha value is -1.96. The summed E-state index contributed by atoms with van der Waals surface area (Å²) >= 11 is 0. The van der Waals surface area contributed by atoms with Crippen LogP contribution in [0.25, 0.3) is 0 Å². The molecule has 0 saturated heterocycles. The van der Waals surface area contributed by atoms with Crippen molar-refractivity contribution in [3.8, 4) is 0 Å². The van der Waals surface area contributed by atoms with E-state index in [0.717, 1.165) is 17.2 Å². The van der Waals surface area contributed by atoms with E-state index in [1.165, 1.54) is 24.3 Å². The van der Waals surface area contributed by atoms with Crippen LogP contribution in [0.15, 0.2) is 69.3 Å². The van der Waals surface area contributed by atoms with Gasteiger partial charge in [-0.15, -0.1) is 0 Å². The maximum Gasteiger partial charge on any atom is 0.203 e. The van der Waals surface area contributed by atoms with E-state index in [2.05, 4.69) is 0 Å². The van der Waals surface area contributed by atoms with Crippen LogP contribution in [0.2, 0.25) is 0 Å². The van der Waals surface area contributed by atoms with E-state index < -0.39 is 32.0 Å². The molecule has 0 aliphatic rings. The van der Waals surface area contributed by atoms with Gasteiger partial charge in [-0.1, -0.05) is 35.4 Å². The van der Waals surface area contributed by atoms with Crippen LogP contribution >= 0.6 is 0 Å². The number of aryl methyl sites for hydroxylation is 2. The summed E-state index contributed by atoms with van der Waals surface area (Å²) in [5, 5.41) is 9.16. The fraction of sp³-hybridized carbons (Fsp3) is 0.222. The SMILES string of the molecule is Cc1ccc(S(=O)(=O)CC(=CCO)S(=O)(=O)c2ccc(C)cc2)cc1. The van der Waals surface area contributed by atoms with Gasteiger partial charge in [-0.25, -0.2) is 16.8 Å². The summed E-state index contributed by atoms with van der Waals surface area (Å²) in [5.74, 6) is -0.702. The van der Waals surface area contributed by atoms with E-state index in [1.807, 2.05) is 13.8 Å². The van der Waals surface area contributed by atoms with Crippen LogP contribution in [-0.2, 0) is 19.7 Å². The Morgan fingerprint density at radius 3 is 1.72 bits per heavy atom. The first-order valence-corrected chi connectivity index (χ1v) is 10.7. The first-order valence-electron chi connectivity index (χ1n) is 7.58. The minimum Gasteiger partial charge on any atom is -0.392 e. The molecule has 0 aliphatic heterocycles. The molecule has 0 saturated carbocycles. The lowest BCUT2D eigenvalue weighted by molar-refractivity contribution is 0.342. The van der Waals surface area contributed by atoms with Crippen molar-refractivity contribution in [1.82, 2.24) is 0 Å².